The molecule has 0 radical (unpaired) electrons. The lowest BCUT2D eigenvalue weighted by Gasteiger charge is -2.12. The summed E-state index contributed by atoms with van der Waals surface area (Å²) < 4.78 is 0. The standard InChI is InChI=1S/C40H28N6O2/c47-39(41-35-22-24-37(33-20-9-7-18-31(33)35)45-43-29-14-3-1-4-15-29)27-12-11-13-28(26-27)40(48)42-36-23-25-38(34-21-10-8-19-32(34)36)46-44-30-16-5-2-6-17-30/h1-26H,(H,41,47)(H,42,48)/b45-43+,46-44+. The number of hydrogen-bond donors (Lipinski definition) is 2. The van der Waals surface area contributed by atoms with E-state index in [4.69, 9.17) is 0 Å². The van der Waals surface area contributed by atoms with E-state index in [0.717, 1.165) is 32.9 Å². The van der Waals surface area contributed by atoms with Crippen LogP contribution in [0.3, 0.4) is 0 Å². The van der Waals surface area contributed by atoms with Crippen molar-refractivity contribution >= 4 is 67.5 Å². The molecular formula is C40H28N6O2. The summed E-state index contributed by atoms with van der Waals surface area (Å²) in [4.78, 5) is 26.9. The monoisotopic (exact) mass is 624 g/mol. The summed E-state index contributed by atoms with van der Waals surface area (Å²) in [6, 6.07) is 48.3. The van der Waals surface area contributed by atoms with Gasteiger partial charge >= 0.3 is 0 Å². The summed E-state index contributed by atoms with van der Waals surface area (Å²) in [7, 11) is 0. The smallest absolute Gasteiger partial charge is 0.255 e. The molecule has 0 heterocycles. The van der Waals surface area contributed by atoms with Crippen LogP contribution in [0.5, 0.6) is 0 Å². The second kappa shape index (κ2) is 13.7. The van der Waals surface area contributed by atoms with E-state index in [1.165, 1.54) is 0 Å². The molecule has 0 bridgehead atoms. The number of nitrogens with one attached hydrogen (secondary N) is 2. The molecule has 7 aromatic rings. The summed E-state index contributed by atoms with van der Waals surface area (Å²) in [5.74, 6) is -0.681. The Morgan fingerprint density at radius 1 is 0.375 bits per heavy atom. The van der Waals surface area contributed by atoms with E-state index in [1.54, 1.807) is 24.3 Å². The topological polar surface area (TPSA) is 108 Å². The number of benzene rings is 7. The minimum absolute atomic E-state index is 0.341. The number of carbonyl (C=O) groups is 2. The van der Waals surface area contributed by atoms with Crippen molar-refractivity contribution in [1.82, 2.24) is 0 Å². The Morgan fingerprint density at radius 3 is 1.21 bits per heavy atom. The Bertz CT molecular complexity index is 2170. The molecule has 0 saturated carbocycles. The highest BCUT2D eigenvalue weighted by Gasteiger charge is 2.15. The molecule has 0 aliphatic carbocycles. The fourth-order valence-corrected chi connectivity index (χ4v) is 5.36. The van der Waals surface area contributed by atoms with Gasteiger partial charge < -0.3 is 10.6 Å². The molecule has 7 aromatic carbocycles. The van der Waals surface area contributed by atoms with Gasteiger partial charge in [-0.15, -0.1) is 10.2 Å². The Hall–Kier alpha value is -6.80. The number of nitrogens with zero attached hydrogens (tertiary/aromatic N) is 4. The van der Waals surface area contributed by atoms with Crippen LogP contribution >= 0.6 is 0 Å². The van der Waals surface area contributed by atoms with Gasteiger partial charge in [0, 0.05) is 44.0 Å². The van der Waals surface area contributed by atoms with E-state index >= 15 is 0 Å². The Morgan fingerprint density at radius 2 is 0.771 bits per heavy atom. The van der Waals surface area contributed by atoms with Gasteiger partial charge in [0.15, 0.2) is 0 Å². The van der Waals surface area contributed by atoms with Crippen LogP contribution in [-0.2, 0) is 0 Å². The van der Waals surface area contributed by atoms with Gasteiger partial charge in [-0.05, 0) is 66.7 Å². The Kier molecular flexibility index (Phi) is 8.52. The van der Waals surface area contributed by atoms with Crippen LogP contribution in [0.15, 0.2) is 178 Å². The van der Waals surface area contributed by atoms with Crippen molar-refractivity contribution in [2.24, 2.45) is 20.5 Å². The zero-order chi connectivity index (χ0) is 32.7. The lowest BCUT2D eigenvalue weighted by molar-refractivity contribution is 0.102. The van der Waals surface area contributed by atoms with E-state index < -0.39 is 0 Å². The first-order valence-electron chi connectivity index (χ1n) is 15.3. The Balaban J connectivity index is 1.10. The highest BCUT2D eigenvalue weighted by Crippen LogP contribution is 2.34. The van der Waals surface area contributed by atoms with Crippen molar-refractivity contribution in [3.05, 3.63) is 169 Å². The predicted molar refractivity (Wildman–Crippen MR) is 191 cm³/mol. The van der Waals surface area contributed by atoms with Gasteiger partial charge in [0.05, 0.1) is 22.7 Å². The van der Waals surface area contributed by atoms with Gasteiger partial charge in [0.25, 0.3) is 11.8 Å². The SMILES string of the molecule is O=C(Nc1ccc(/N=N/c2ccccc2)c2ccccc12)c1cccc(C(=O)Nc2ccc(/N=N/c3ccccc3)c3ccccc23)c1. The zero-order valence-corrected chi connectivity index (χ0v) is 25.6. The first-order valence-corrected chi connectivity index (χ1v) is 15.3. The number of rotatable bonds is 8. The molecule has 2 amide bonds. The lowest BCUT2D eigenvalue weighted by atomic mass is 10.1. The van der Waals surface area contributed by atoms with Gasteiger partial charge in [-0.3, -0.25) is 9.59 Å². The molecule has 8 heteroatoms. The molecule has 0 aromatic heterocycles. The van der Waals surface area contributed by atoms with E-state index in [-0.39, 0.29) is 11.8 Å². The van der Waals surface area contributed by atoms with Crippen LogP contribution in [0.25, 0.3) is 21.5 Å². The molecule has 230 valence electrons. The van der Waals surface area contributed by atoms with Crippen molar-refractivity contribution in [2.75, 3.05) is 10.6 Å². The van der Waals surface area contributed by atoms with Crippen LogP contribution in [0.1, 0.15) is 20.7 Å². The average molecular weight is 625 g/mol. The minimum Gasteiger partial charge on any atom is -0.321 e. The number of carbonyl (C=O) groups excluding carboxylic acids is 2. The normalized spacial score (nSPS) is 11.3. The summed E-state index contributed by atoms with van der Waals surface area (Å²) >= 11 is 0. The van der Waals surface area contributed by atoms with Crippen molar-refractivity contribution in [2.45, 2.75) is 0 Å². The number of azo groups is 2. The second-order valence-electron chi connectivity index (χ2n) is 10.9. The highest BCUT2D eigenvalue weighted by molar-refractivity contribution is 6.14. The molecule has 7 rings (SSSR count). The summed E-state index contributed by atoms with van der Waals surface area (Å²) in [5, 5.41) is 27.0. The van der Waals surface area contributed by atoms with Gasteiger partial charge in [-0.2, -0.15) is 10.2 Å². The number of fused-ring (bicyclic) bond motifs is 2. The van der Waals surface area contributed by atoms with Crippen molar-refractivity contribution < 1.29 is 9.59 Å². The van der Waals surface area contributed by atoms with Crippen LogP contribution < -0.4 is 10.6 Å². The molecule has 0 atom stereocenters. The summed E-state index contributed by atoms with van der Waals surface area (Å²) in [6.07, 6.45) is 0. The second-order valence-corrected chi connectivity index (χ2v) is 10.9. The molecule has 0 spiro atoms. The maximum Gasteiger partial charge on any atom is 0.255 e. The van der Waals surface area contributed by atoms with Crippen molar-refractivity contribution in [3.8, 4) is 0 Å². The molecule has 48 heavy (non-hydrogen) atoms. The highest BCUT2D eigenvalue weighted by atomic mass is 16.2. The molecule has 2 N–H and O–H groups in total. The van der Waals surface area contributed by atoms with Crippen LogP contribution in [-0.4, -0.2) is 11.8 Å². The predicted octanol–water partition coefficient (Wildman–Crippen LogP) is 11.3. The van der Waals surface area contributed by atoms with E-state index in [1.807, 2.05) is 133 Å². The fraction of sp³-hybridized carbons (Fsp3) is 0. The third-order valence-corrected chi connectivity index (χ3v) is 7.74. The van der Waals surface area contributed by atoms with Crippen LogP contribution in [0.2, 0.25) is 0 Å². The van der Waals surface area contributed by atoms with Crippen LogP contribution in [0, 0.1) is 0 Å². The number of hydrogen-bond acceptors (Lipinski definition) is 6. The minimum atomic E-state index is -0.341. The van der Waals surface area contributed by atoms with Gasteiger partial charge in [-0.1, -0.05) is 91.0 Å². The fourth-order valence-electron chi connectivity index (χ4n) is 5.36. The van der Waals surface area contributed by atoms with Gasteiger partial charge in [0.1, 0.15) is 0 Å². The van der Waals surface area contributed by atoms with Crippen LogP contribution in [0.4, 0.5) is 34.1 Å². The molecule has 0 fully saturated rings. The zero-order valence-electron chi connectivity index (χ0n) is 25.6. The average Bonchev–Trinajstić information content (AvgIpc) is 3.15. The quantitative estimate of drug-likeness (QED) is 0.164. The van der Waals surface area contributed by atoms with Gasteiger partial charge in [0.2, 0.25) is 0 Å². The number of amides is 2. The first kappa shape index (κ1) is 29.9. The Labute approximate surface area is 276 Å². The lowest BCUT2D eigenvalue weighted by Crippen LogP contribution is -2.16. The van der Waals surface area contributed by atoms with Crippen molar-refractivity contribution in [1.29, 1.82) is 0 Å². The molecule has 0 aliphatic rings. The maximum absolute atomic E-state index is 13.5. The van der Waals surface area contributed by atoms with E-state index in [0.29, 0.717) is 33.9 Å². The van der Waals surface area contributed by atoms with Crippen molar-refractivity contribution in [3.63, 3.8) is 0 Å². The third kappa shape index (κ3) is 6.59. The third-order valence-electron chi connectivity index (χ3n) is 7.74. The molecule has 0 aliphatic heterocycles. The molecule has 8 nitrogen and oxygen atoms in total. The van der Waals surface area contributed by atoms with E-state index in [2.05, 4.69) is 31.1 Å². The molecule has 0 unspecified atom stereocenters. The maximum atomic E-state index is 13.5. The molecule has 0 saturated heterocycles. The van der Waals surface area contributed by atoms with E-state index in [9.17, 15) is 9.59 Å². The molecular weight excluding hydrogens is 596 g/mol. The number of anilines is 2. The summed E-state index contributed by atoms with van der Waals surface area (Å²) in [6.45, 7) is 0. The summed E-state index contributed by atoms with van der Waals surface area (Å²) in [5.41, 5.74) is 4.82. The first-order chi connectivity index (χ1) is 23.6. The van der Waals surface area contributed by atoms with Gasteiger partial charge in [-0.25, -0.2) is 0 Å². The largest absolute Gasteiger partial charge is 0.321 e.